The Hall–Kier alpha value is -1.28. The summed E-state index contributed by atoms with van der Waals surface area (Å²) in [4.78, 5) is 38.3. The van der Waals surface area contributed by atoms with Gasteiger partial charge in [-0.15, -0.1) is 0 Å². The van der Waals surface area contributed by atoms with Gasteiger partial charge in [0.05, 0.1) is 15.6 Å². The lowest BCUT2D eigenvalue weighted by atomic mass is 9.76. The maximum Gasteiger partial charge on any atom is 0.324 e. The molecule has 2 rings (SSSR count). The second-order valence-corrected chi connectivity index (χ2v) is 8.80. The summed E-state index contributed by atoms with van der Waals surface area (Å²) in [5.41, 5.74) is -2.77. The Labute approximate surface area is 175 Å². The van der Waals surface area contributed by atoms with Gasteiger partial charge in [0.2, 0.25) is 12.3 Å². The van der Waals surface area contributed by atoms with Crippen molar-refractivity contribution in [2.24, 2.45) is 5.41 Å². The van der Waals surface area contributed by atoms with Crippen molar-refractivity contribution in [2.45, 2.75) is 58.6 Å². The van der Waals surface area contributed by atoms with Gasteiger partial charge in [-0.2, -0.15) is 4.57 Å². The Morgan fingerprint density at radius 1 is 1.26 bits per heavy atom. The summed E-state index contributed by atoms with van der Waals surface area (Å²) in [6.45, 7) is 5.44. The first-order chi connectivity index (χ1) is 12.7. The first-order valence-electron chi connectivity index (χ1n) is 8.96. The summed E-state index contributed by atoms with van der Waals surface area (Å²) in [7, 11) is 0. The smallest absolute Gasteiger partial charge is 0.324 e. The summed E-state index contributed by atoms with van der Waals surface area (Å²) >= 11 is 6.77. The number of carbonyl (C=O) groups is 3. The van der Waals surface area contributed by atoms with Crippen LogP contribution in [-0.4, -0.2) is 29.9 Å². The van der Waals surface area contributed by atoms with E-state index in [1.807, 2.05) is 13.0 Å². The third-order valence-corrected chi connectivity index (χ3v) is 5.61. The molecule has 1 fully saturated rings. The fraction of sp³-hybridized carbons (Fsp3) is 0.579. The van der Waals surface area contributed by atoms with Gasteiger partial charge in [-0.05, 0) is 58.2 Å². The summed E-state index contributed by atoms with van der Waals surface area (Å²) in [6.07, 6.45) is 5.34. The number of ether oxygens (including phenoxy) is 2. The third-order valence-electron chi connectivity index (χ3n) is 4.74. The van der Waals surface area contributed by atoms with Gasteiger partial charge >= 0.3 is 11.9 Å². The predicted molar refractivity (Wildman–Crippen MR) is 105 cm³/mol. The topological polar surface area (TPSA) is 73.6 Å². The lowest BCUT2D eigenvalue weighted by Crippen LogP contribution is -2.47. The van der Waals surface area contributed by atoms with Crippen LogP contribution in [0, 0.1) is 5.41 Å². The van der Waals surface area contributed by atoms with Gasteiger partial charge < -0.3 is 9.47 Å². The number of hydrogen-bond donors (Lipinski definition) is 0. The molecule has 1 aromatic rings. The normalized spacial score (nSPS) is 24.6. The molecule has 6 nitrogen and oxygen atoms in total. The summed E-state index contributed by atoms with van der Waals surface area (Å²) < 4.78 is 14.0. The molecule has 1 aliphatic heterocycles. The number of pyridine rings is 1. The lowest BCUT2D eigenvalue weighted by Gasteiger charge is -2.23. The number of cyclic esters (lactones) is 1. The van der Waals surface area contributed by atoms with E-state index >= 15 is 0 Å². The average Bonchev–Trinajstić information content (AvgIpc) is 2.85. The van der Waals surface area contributed by atoms with Crippen molar-refractivity contribution in [3.8, 4) is 0 Å². The zero-order valence-electron chi connectivity index (χ0n) is 15.7. The van der Waals surface area contributed by atoms with E-state index in [9.17, 15) is 14.4 Å². The standard InChI is InChI=1S/C19H24Br2NO5/c1-4-6-7-19(16(24)26-5-2)12-18(3,27-17(19)25)15(23)11-22-9-13(20)8-14(21)10-22/h8-10H,4-7,11-12H2,1-3H3/q+1/t18-,19-/m1/s1. The van der Waals surface area contributed by atoms with Gasteiger partial charge in [0.25, 0.3) is 0 Å². The van der Waals surface area contributed by atoms with Gasteiger partial charge in [0.1, 0.15) is 0 Å². The Morgan fingerprint density at radius 2 is 1.89 bits per heavy atom. The largest absolute Gasteiger partial charge is 0.465 e. The highest BCUT2D eigenvalue weighted by atomic mass is 79.9. The number of ketones is 1. The molecule has 0 aromatic carbocycles. The minimum Gasteiger partial charge on any atom is -0.465 e. The number of unbranched alkanes of at least 4 members (excludes halogenated alkanes) is 1. The zero-order chi connectivity index (χ0) is 20.2. The quantitative estimate of drug-likeness (QED) is 0.307. The molecule has 1 aliphatic rings. The highest BCUT2D eigenvalue weighted by Crippen LogP contribution is 2.45. The van der Waals surface area contributed by atoms with Gasteiger partial charge in [-0.3, -0.25) is 14.4 Å². The van der Waals surface area contributed by atoms with Crippen molar-refractivity contribution in [2.75, 3.05) is 6.61 Å². The molecule has 27 heavy (non-hydrogen) atoms. The summed E-state index contributed by atoms with van der Waals surface area (Å²) in [6, 6.07) is 1.86. The minimum absolute atomic E-state index is 0.00618. The molecule has 0 radical (unpaired) electrons. The number of aromatic nitrogens is 1. The Bertz CT molecular complexity index is 733. The third kappa shape index (κ3) is 4.77. The fourth-order valence-corrected chi connectivity index (χ4v) is 4.65. The van der Waals surface area contributed by atoms with Gasteiger partial charge in [-0.1, -0.05) is 19.8 Å². The molecule has 0 aliphatic carbocycles. The van der Waals surface area contributed by atoms with E-state index in [-0.39, 0.29) is 25.4 Å². The van der Waals surface area contributed by atoms with Crippen molar-refractivity contribution in [3.05, 3.63) is 27.4 Å². The van der Waals surface area contributed by atoms with E-state index in [2.05, 4.69) is 31.9 Å². The van der Waals surface area contributed by atoms with Crippen molar-refractivity contribution >= 4 is 49.6 Å². The maximum atomic E-state index is 13.0. The summed E-state index contributed by atoms with van der Waals surface area (Å²) in [5.74, 6) is -1.53. The molecule has 148 valence electrons. The van der Waals surface area contributed by atoms with Crippen LogP contribution < -0.4 is 4.57 Å². The molecule has 2 heterocycles. The molecular formula is C19H24Br2NO5+. The molecule has 0 amide bonds. The van der Waals surface area contributed by atoms with Crippen LogP contribution >= 0.6 is 31.9 Å². The van der Waals surface area contributed by atoms with Crippen LogP contribution in [0.15, 0.2) is 27.4 Å². The summed E-state index contributed by atoms with van der Waals surface area (Å²) in [5, 5.41) is 0. The Balaban J connectivity index is 2.27. The van der Waals surface area contributed by atoms with Crippen LogP contribution in [0.25, 0.3) is 0 Å². The molecule has 0 N–H and O–H groups in total. The Morgan fingerprint density at radius 3 is 2.44 bits per heavy atom. The average molecular weight is 506 g/mol. The molecule has 8 heteroatoms. The van der Waals surface area contributed by atoms with Crippen LogP contribution in [0.4, 0.5) is 0 Å². The first kappa shape index (κ1) is 22.0. The second-order valence-electron chi connectivity index (χ2n) is 6.97. The fourth-order valence-electron chi connectivity index (χ4n) is 3.32. The SMILES string of the molecule is CCCC[C@]1(C(=O)OCC)C[C@](C)(C(=O)C[n+]2cc(Br)cc(Br)c2)OC1=O. The number of Topliss-reactive ketones (excluding diaryl/α,β-unsaturated/α-hetero) is 1. The molecule has 1 aromatic heterocycles. The van der Waals surface area contributed by atoms with E-state index in [0.717, 1.165) is 15.4 Å². The number of carbonyl (C=O) groups excluding carboxylic acids is 3. The van der Waals surface area contributed by atoms with E-state index in [1.54, 1.807) is 30.8 Å². The molecule has 0 bridgehead atoms. The van der Waals surface area contributed by atoms with Crippen LogP contribution in [0.3, 0.4) is 0 Å². The van der Waals surface area contributed by atoms with Crippen LogP contribution in [0.5, 0.6) is 0 Å². The predicted octanol–water partition coefficient (Wildman–Crippen LogP) is 3.51. The minimum atomic E-state index is -1.40. The number of halogens is 2. The zero-order valence-corrected chi connectivity index (χ0v) is 18.9. The molecule has 2 atom stereocenters. The van der Waals surface area contributed by atoms with Crippen LogP contribution in [0.1, 0.15) is 46.5 Å². The van der Waals surface area contributed by atoms with Crippen LogP contribution in [-0.2, 0) is 30.4 Å². The number of hydrogen-bond acceptors (Lipinski definition) is 5. The van der Waals surface area contributed by atoms with Crippen molar-refractivity contribution in [1.82, 2.24) is 0 Å². The van der Waals surface area contributed by atoms with E-state index in [4.69, 9.17) is 9.47 Å². The molecule has 0 spiro atoms. The lowest BCUT2D eigenvalue weighted by molar-refractivity contribution is -0.685. The van der Waals surface area contributed by atoms with Crippen molar-refractivity contribution in [3.63, 3.8) is 0 Å². The molecule has 0 saturated carbocycles. The highest BCUT2D eigenvalue weighted by Gasteiger charge is 2.62. The molecule has 0 unspecified atom stereocenters. The number of rotatable bonds is 8. The number of esters is 2. The van der Waals surface area contributed by atoms with Gasteiger partial charge in [0, 0.05) is 6.42 Å². The second kappa shape index (κ2) is 8.82. The molecular weight excluding hydrogens is 482 g/mol. The van der Waals surface area contributed by atoms with Gasteiger partial charge in [-0.25, -0.2) is 0 Å². The van der Waals surface area contributed by atoms with Crippen molar-refractivity contribution < 1.29 is 28.4 Å². The number of nitrogens with zero attached hydrogens (tertiary/aromatic N) is 1. The Kier molecular flexibility index (Phi) is 7.19. The van der Waals surface area contributed by atoms with E-state index < -0.39 is 23.0 Å². The van der Waals surface area contributed by atoms with Gasteiger partial charge in [0.15, 0.2) is 23.4 Å². The van der Waals surface area contributed by atoms with E-state index in [1.165, 1.54) is 0 Å². The highest BCUT2D eigenvalue weighted by molar-refractivity contribution is 9.11. The monoisotopic (exact) mass is 504 g/mol. The first-order valence-corrected chi connectivity index (χ1v) is 10.5. The molecule has 1 saturated heterocycles. The maximum absolute atomic E-state index is 13.0. The van der Waals surface area contributed by atoms with Crippen molar-refractivity contribution in [1.29, 1.82) is 0 Å². The van der Waals surface area contributed by atoms with E-state index in [0.29, 0.717) is 12.8 Å². The van der Waals surface area contributed by atoms with Crippen LogP contribution in [0.2, 0.25) is 0 Å².